The number of hydrogen-bond donors (Lipinski definition) is 1. The van der Waals surface area contributed by atoms with E-state index in [2.05, 4.69) is 32.6 Å². The number of para-hydroxylation sites is 1. The first-order chi connectivity index (χ1) is 13.7. The summed E-state index contributed by atoms with van der Waals surface area (Å²) in [5, 5.41) is 9.63. The Morgan fingerprint density at radius 3 is 2.75 bits per heavy atom. The van der Waals surface area contributed by atoms with Gasteiger partial charge in [-0.3, -0.25) is 9.89 Å². The van der Waals surface area contributed by atoms with E-state index in [1.165, 1.54) is 4.88 Å². The van der Waals surface area contributed by atoms with Crippen LogP contribution >= 0.6 is 11.3 Å². The number of aryl methyl sites for hydroxylation is 1. The number of H-pyrrole nitrogens is 1. The molecule has 3 aromatic rings. The highest BCUT2D eigenvalue weighted by Crippen LogP contribution is 2.26. The van der Waals surface area contributed by atoms with Crippen LogP contribution in [0.3, 0.4) is 0 Å². The number of methoxy groups -OCH3 is 1. The number of piperazine rings is 1. The number of carbonyl (C=O) groups excluding carboxylic acids is 1. The lowest BCUT2D eigenvalue weighted by Crippen LogP contribution is -2.49. The summed E-state index contributed by atoms with van der Waals surface area (Å²) >= 11 is 1.69. The van der Waals surface area contributed by atoms with Gasteiger partial charge in [0.05, 0.1) is 17.7 Å². The second-order valence-electron chi connectivity index (χ2n) is 6.80. The minimum atomic E-state index is 0.201. The van der Waals surface area contributed by atoms with E-state index in [1.807, 2.05) is 35.2 Å². The second kappa shape index (κ2) is 8.48. The Balaban J connectivity index is 1.29. The fraction of sp³-hybridized carbons (Fsp3) is 0.333. The number of nitrogens with one attached hydrogen (secondary N) is 1. The van der Waals surface area contributed by atoms with Crippen molar-refractivity contribution in [2.75, 3.05) is 38.2 Å². The van der Waals surface area contributed by atoms with Gasteiger partial charge >= 0.3 is 0 Å². The Labute approximate surface area is 168 Å². The van der Waals surface area contributed by atoms with Crippen molar-refractivity contribution >= 4 is 23.1 Å². The maximum atomic E-state index is 12.6. The zero-order valence-corrected chi connectivity index (χ0v) is 16.7. The summed E-state index contributed by atoms with van der Waals surface area (Å²) in [6.07, 6.45) is 1.21. The molecule has 0 spiro atoms. The summed E-state index contributed by atoms with van der Waals surface area (Å²) < 4.78 is 5.37. The summed E-state index contributed by atoms with van der Waals surface area (Å²) in [5.41, 5.74) is 2.12. The average molecular weight is 397 g/mol. The van der Waals surface area contributed by atoms with Crippen LogP contribution in [-0.4, -0.2) is 54.3 Å². The highest BCUT2D eigenvalue weighted by atomic mass is 32.1. The van der Waals surface area contributed by atoms with Crippen LogP contribution in [0.25, 0.3) is 10.6 Å². The molecule has 0 unspecified atom stereocenters. The van der Waals surface area contributed by atoms with Gasteiger partial charge in [0.2, 0.25) is 5.91 Å². The molecule has 4 rings (SSSR count). The predicted octanol–water partition coefficient (Wildman–Crippen LogP) is 3.43. The zero-order valence-electron chi connectivity index (χ0n) is 15.9. The first kappa shape index (κ1) is 18.6. The van der Waals surface area contributed by atoms with Crippen LogP contribution in [0.2, 0.25) is 0 Å². The Bertz CT molecular complexity index is 914. The van der Waals surface area contributed by atoms with Crippen molar-refractivity contribution in [3.8, 4) is 16.3 Å². The lowest BCUT2D eigenvalue weighted by atomic mass is 10.1. The van der Waals surface area contributed by atoms with E-state index in [9.17, 15) is 4.79 Å². The largest absolute Gasteiger partial charge is 0.496 e. The van der Waals surface area contributed by atoms with E-state index in [0.29, 0.717) is 12.8 Å². The third-order valence-electron chi connectivity index (χ3n) is 5.11. The van der Waals surface area contributed by atoms with E-state index in [-0.39, 0.29) is 5.91 Å². The number of thiophene rings is 1. The fourth-order valence-electron chi connectivity index (χ4n) is 3.53. The molecular formula is C21H24N4O2S. The van der Waals surface area contributed by atoms with Gasteiger partial charge < -0.3 is 14.5 Å². The minimum Gasteiger partial charge on any atom is -0.496 e. The highest BCUT2D eigenvalue weighted by Gasteiger charge is 2.22. The summed E-state index contributed by atoms with van der Waals surface area (Å²) in [5.74, 6) is 2.00. The first-order valence-electron chi connectivity index (χ1n) is 9.48. The number of ether oxygens (including phenoxy) is 1. The number of hydrogen-bond acceptors (Lipinski definition) is 5. The van der Waals surface area contributed by atoms with Crippen LogP contribution in [0.1, 0.15) is 12.0 Å². The van der Waals surface area contributed by atoms with Crippen LogP contribution in [0.5, 0.6) is 5.75 Å². The first-order valence-corrected chi connectivity index (χ1v) is 10.4. The third kappa shape index (κ3) is 4.04. The molecule has 1 N–H and O–H groups in total. The Morgan fingerprint density at radius 1 is 1.18 bits per heavy atom. The molecule has 0 radical (unpaired) electrons. The molecule has 146 valence electrons. The lowest BCUT2D eigenvalue weighted by molar-refractivity contribution is -0.131. The summed E-state index contributed by atoms with van der Waals surface area (Å²) in [6.45, 7) is 3.06. The van der Waals surface area contributed by atoms with Gasteiger partial charge in [0.15, 0.2) is 5.82 Å². The number of carbonyl (C=O) groups is 1. The lowest BCUT2D eigenvalue weighted by Gasteiger charge is -2.34. The SMILES string of the molecule is COc1ccccc1CCC(=O)N1CCN(c2cc(-c3cccs3)[nH]n2)CC1. The molecule has 1 aromatic carbocycles. The van der Waals surface area contributed by atoms with Crippen LogP contribution in [0.15, 0.2) is 47.8 Å². The molecule has 1 fully saturated rings. The Hall–Kier alpha value is -2.80. The van der Waals surface area contributed by atoms with Crippen molar-refractivity contribution in [1.82, 2.24) is 15.1 Å². The molecule has 6 nitrogen and oxygen atoms in total. The van der Waals surface area contributed by atoms with Gasteiger partial charge in [0, 0.05) is 38.7 Å². The summed E-state index contributed by atoms with van der Waals surface area (Å²) in [6, 6.07) is 14.1. The molecule has 1 aliphatic rings. The number of aromatic nitrogens is 2. The molecule has 0 aliphatic carbocycles. The number of nitrogens with zero attached hydrogens (tertiary/aromatic N) is 3. The van der Waals surface area contributed by atoms with Crippen molar-refractivity contribution in [2.45, 2.75) is 12.8 Å². The number of aromatic amines is 1. The molecule has 0 saturated carbocycles. The molecule has 28 heavy (non-hydrogen) atoms. The molecule has 0 bridgehead atoms. The van der Waals surface area contributed by atoms with Crippen molar-refractivity contribution < 1.29 is 9.53 Å². The van der Waals surface area contributed by atoms with Gasteiger partial charge in [-0.05, 0) is 29.5 Å². The topological polar surface area (TPSA) is 61.5 Å². The third-order valence-corrected chi connectivity index (χ3v) is 6.01. The van der Waals surface area contributed by atoms with E-state index in [0.717, 1.165) is 49.0 Å². The Kier molecular flexibility index (Phi) is 5.62. The van der Waals surface area contributed by atoms with E-state index < -0.39 is 0 Å². The molecule has 7 heteroatoms. The van der Waals surface area contributed by atoms with Crippen LogP contribution < -0.4 is 9.64 Å². The van der Waals surface area contributed by atoms with Crippen LogP contribution in [-0.2, 0) is 11.2 Å². The zero-order chi connectivity index (χ0) is 19.3. The van der Waals surface area contributed by atoms with Crippen molar-refractivity contribution in [3.05, 3.63) is 53.4 Å². The molecule has 1 aliphatic heterocycles. The van der Waals surface area contributed by atoms with Crippen LogP contribution in [0.4, 0.5) is 5.82 Å². The molecular weight excluding hydrogens is 372 g/mol. The van der Waals surface area contributed by atoms with E-state index in [4.69, 9.17) is 4.74 Å². The van der Waals surface area contributed by atoms with Crippen molar-refractivity contribution in [1.29, 1.82) is 0 Å². The van der Waals surface area contributed by atoms with Gasteiger partial charge in [-0.2, -0.15) is 5.10 Å². The predicted molar refractivity (Wildman–Crippen MR) is 112 cm³/mol. The standard InChI is InChI=1S/C21H24N4O2S/c1-27-18-6-3-2-5-16(18)8-9-21(26)25-12-10-24(11-13-25)20-15-17(22-23-20)19-7-4-14-28-19/h2-7,14-15H,8-13H2,1H3,(H,22,23). The van der Waals surface area contributed by atoms with Gasteiger partial charge in [-0.1, -0.05) is 24.3 Å². The van der Waals surface area contributed by atoms with Gasteiger partial charge in [-0.25, -0.2) is 0 Å². The highest BCUT2D eigenvalue weighted by molar-refractivity contribution is 7.13. The van der Waals surface area contributed by atoms with E-state index in [1.54, 1.807) is 18.4 Å². The normalized spacial score (nSPS) is 14.3. The number of rotatable bonds is 6. The monoisotopic (exact) mass is 396 g/mol. The van der Waals surface area contributed by atoms with Gasteiger partial charge in [0.25, 0.3) is 0 Å². The number of amides is 1. The number of benzene rings is 1. The maximum Gasteiger partial charge on any atom is 0.223 e. The molecule has 1 amide bonds. The molecule has 2 aromatic heterocycles. The van der Waals surface area contributed by atoms with Crippen molar-refractivity contribution in [3.63, 3.8) is 0 Å². The smallest absolute Gasteiger partial charge is 0.223 e. The van der Waals surface area contributed by atoms with Gasteiger partial charge in [0.1, 0.15) is 5.75 Å². The van der Waals surface area contributed by atoms with Crippen molar-refractivity contribution in [2.24, 2.45) is 0 Å². The summed E-state index contributed by atoms with van der Waals surface area (Å²) in [7, 11) is 1.67. The summed E-state index contributed by atoms with van der Waals surface area (Å²) in [4.78, 5) is 18.0. The quantitative estimate of drug-likeness (QED) is 0.693. The molecule has 1 saturated heterocycles. The molecule has 3 heterocycles. The molecule has 0 atom stereocenters. The fourth-order valence-corrected chi connectivity index (χ4v) is 4.22. The second-order valence-corrected chi connectivity index (χ2v) is 7.74. The van der Waals surface area contributed by atoms with E-state index >= 15 is 0 Å². The maximum absolute atomic E-state index is 12.6. The van der Waals surface area contributed by atoms with Gasteiger partial charge in [-0.15, -0.1) is 11.3 Å². The average Bonchev–Trinajstić information content (AvgIpc) is 3.44. The Morgan fingerprint density at radius 2 is 2.00 bits per heavy atom. The number of anilines is 1. The minimum absolute atomic E-state index is 0.201. The van der Waals surface area contributed by atoms with Crippen LogP contribution in [0, 0.1) is 0 Å².